The summed E-state index contributed by atoms with van der Waals surface area (Å²) in [5.74, 6) is -0.0876. The van der Waals surface area contributed by atoms with Gasteiger partial charge in [-0.2, -0.15) is 0 Å². The fraction of sp³-hybridized carbons (Fsp3) is 0.250. The predicted octanol–water partition coefficient (Wildman–Crippen LogP) is 5.98. The topological polar surface area (TPSA) is 52.7 Å². The Morgan fingerprint density at radius 1 is 1.00 bits per heavy atom. The summed E-state index contributed by atoms with van der Waals surface area (Å²) in [5, 5.41) is 4.90. The number of nitrogens with zero attached hydrogens (tertiary/aromatic N) is 2. The van der Waals surface area contributed by atoms with Crippen LogP contribution < -0.4 is 5.32 Å². The number of hydrogen-bond acceptors (Lipinski definition) is 3. The van der Waals surface area contributed by atoms with Crippen molar-refractivity contribution >= 4 is 44.9 Å². The van der Waals surface area contributed by atoms with Crippen molar-refractivity contribution in [3.8, 4) is 0 Å². The zero-order chi connectivity index (χ0) is 22.2. The van der Waals surface area contributed by atoms with E-state index in [0.717, 1.165) is 14.9 Å². The van der Waals surface area contributed by atoms with Crippen LogP contribution in [0.4, 0.5) is 10.5 Å². The number of halogens is 1. The van der Waals surface area contributed by atoms with E-state index in [-0.39, 0.29) is 24.5 Å². The monoisotopic (exact) mass is 499 g/mol. The molecular formula is C24H26BrN3O2S. The van der Waals surface area contributed by atoms with Gasteiger partial charge < -0.3 is 15.1 Å². The van der Waals surface area contributed by atoms with Crippen LogP contribution in [0.25, 0.3) is 0 Å². The first-order valence-electron chi connectivity index (χ1n) is 10.1. The van der Waals surface area contributed by atoms with E-state index in [2.05, 4.69) is 21.2 Å². The molecule has 3 aromatic rings. The number of hydrogen-bond donors (Lipinski definition) is 1. The van der Waals surface area contributed by atoms with Gasteiger partial charge in [0.25, 0.3) is 0 Å². The zero-order valence-corrected chi connectivity index (χ0v) is 20.0. The predicted molar refractivity (Wildman–Crippen MR) is 130 cm³/mol. The smallest absolute Gasteiger partial charge is 0.322 e. The van der Waals surface area contributed by atoms with Crippen molar-refractivity contribution in [1.29, 1.82) is 0 Å². The molecule has 0 saturated heterocycles. The van der Waals surface area contributed by atoms with Crippen LogP contribution in [0.2, 0.25) is 0 Å². The van der Waals surface area contributed by atoms with Crippen LogP contribution in [0, 0.1) is 0 Å². The molecule has 1 N–H and O–H groups in total. The molecule has 0 spiro atoms. The molecular weight excluding hydrogens is 474 g/mol. The van der Waals surface area contributed by atoms with Crippen molar-refractivity contribution in [1.82, 2.24) is 9.80 Å². The third kappa shape index (κ3) is 6.94. The first-order chi connectivity index (χ1) is 14.9. The lowest BCUT2D eigenvalue weighted by atomic mass is 10.2. The maximum Gasteiger partial charge on any atom is 0.322 e. The Kier molecular flexibility index (Phi) is 8.26. The highest BCUT2D eigenvalue weighted by Crippen LogP contribution is 2.18. The normalized spacial score (nSPS) is 10.7. The van der Waals surface area contributed by atoms with E-state index in [9.17, 15) is 9.59 Å². The molecule has 0 unspecified atom stereocenters. The molecule has 0 atom stereocenters. The van der Waals surface area contributed by atoms with E-state index in [1.54, 1.807) is 16.2 Å². The summed E-state index contributed by atoms with van der Waals surface area (Å²) in [6.07, 6.45) is 0. The van der Waals surface area contributed by atoms with Crippen molar-refractivity contribution < 1.29 is 9.59 Å². The van der Waals surface area contributed by atoms with E-state index in [0.29, 0.717) is 18.8 Å². The van der Waals surface area contributed by atoms with E-state index in [1.165, 1.54) is 0 Å². The van der Waals surface area contributed by atoms with Crippen LogP contribution >= 0.6 is 27.3 Å². The van der Waals surface area contributed by atoms with Crippen molar-refractivity contribution in [2.24, 2.45) is 0 Å². The third-order valence-corrected chi connectivity index (χ3v) is 6.12. The molecule has 162 valence electrons. The minimum atomic E-state index is -0.294. The third-order valence-electron chi connectivity index (χ3n) is 4.76. The quantitative estimate of drug-likeness (QED) is 0.414. The lowest BCUT2D eigenvalue weighted by Crippen LogP contribution is -2.47. The maximum atomic E-state index is 13.3. The van der Waals surface area contributed by atoms with E-state index >= 15 is 0 Å². The Morgan fingerprint density at radius 2 is 1.77 bits per heavy atom. The minimum absolute atomic E-state index is 0.00963. The van der Waals surface area contributed by atoms with Crippen LogP contribution in [0.1, 0.15) is 24.3 Å². The summed E-state index contributed by atoms with van der Waals surface area (Å²) >= 11 is 5.03. The molecule has 0 saturated carbocycles. The van der Waals surface area contributed by atoms with Crippen LogP contribution in [0.5, 0.6) is 0 Å². The summed E-state index contributed by atoms with van der Waals surface area (Å²) in [7, 11) is 0. The number of benzene rings is 2. The van der Waals surface area contributed by atoms with Gasteiger partial charge in [0.2, 0.25) is 5.91 Å². The lowest BCUT2D eigenvalue weighted by molar-refractivity contribution is -0.133. The van der Waals surface area contributed by atoms with E-state index in [1.807, 2.05) is 90.9 Å². The first kappa shape index (κ1) is 23.0. The first-order valence-corrected chi connectivity index (χ1v) is 11.8. The summed E-state index contributed by atoms with van der Waals surface area (Å²) in [5.41, 5.74) is 1.74. The number of amides is 3. The number of carbonyl (C=O) groups is 2. The van der Waals surface area contributed by atoms with E-state index in [4.69, 9.17) is 0 Å². The van der Waals surface area contributed by atoms with E-state index < -0.39 is 0 Å². The Hall–Kier alpha value is -2.64. The highest BCUT2D eigenvalue weighted by atomic mass is 79.9. The Balaban J connectivity index is 1.73. The van der Waals surface area contributed by atoms with Crippen molar-refractivity contribution in [2.45, 2.75) is 33.0 Å². The highest BCUT2D eigenvalue weighted by molar-refractivity contribution is 9.10. The molecule has 31 heavy (non-hydrogen) atoms. The Bertz CT molecular complexity index is 993. The molecule has 0 fully saturated rings. The molecule has 0 bridgehead atoms. The summed E-state index contributed by atoms with van der Waals surface area (Å²) in [4.78, 5) is 30.7. The van der Waals surface area contributed by atoms with Gasteiger partial charge in [-0.15, -0.1) is 11.3 Å². The van der Waals surface area contributed by atoms with Gasteiger partial charge in [-0.05, 0) is 49.1 Å². The number of rotatable bonds is 8. The van der Waals surface area contributed by atoms with Crippen molar-refractivity contribution in [3.63, 3.8) is 0 Å². The van der Waals surface area contributed by atoms with Gasteiger partial charge >= 0.3 is 6.03 Å². The average molecular weight is 500 g/mol. The molecule has 0 aliphatic rings. The summed E-state index contributed by atoms with van der Waals surface area (Å²) in [6, 6.07) is 20.9. The fourth-order valence-electron chi connectivity index (χ4n) is 3.12. The van der Waals surface area contributed by atoms with Gasteiger partial charge in [0.15, 0.2) is 0 Å². The van der Waals surface area contributed by atoms with Crippen LogP contribution in [-0.2, 0) is 17.9 Å². The van der Waals surface area contributed by atoms with Crippen LogP contribution in [0.3, 0.4) is 0 Å². The summed E-state index contributed by atoms with van der Waals surface area (Å²) in [6.45, 7) is 4.85. The lowest BCUT2D eigenvalue weighted by Gasteiger charge is -2.30. The highest BCUT2D eigenvalue weighted by Gasteiger charge is 2.24. The van der Waals surface area contributed by atoms with Crippen molar-refractivity contribution in [2.75, 3.05) is 11.9 Å². The number of nitrogens with one attached hydrogen (secondary N) is 1. The standard InChI is InChI=1S/C24H26BrN3O2S/c1-18(2)28(24(30)26-21-11-6-10-20(25)14-21)17-23(29)27(16-22-12-7-13-31-22)15-19-8-4-3-5-9-19/h3-14,18H,15-17H2,1-2H3,(H,26,30). The van der Waals surface area contributed by atoms with Gasteiger partial charge in [0.1, 0.15) is 6.54 Å². The molecule has 0 radical (unpaired) electrons. The second-order valence-electron chi connectivity index (χ2n) is 7.48. The number of carbonyl (C=O) groups excluding carboxylic acids is 2. The molecule has 1 aromatic heterocycles. The molecule has 1 heterocycles. The number of anilines is 1. The van der Waals surface area contributed by atoms with Gasteiger partial charge in [-0.25, -0.2) is 4.79 Å². The molecule has 2 aromatic carbocycles. The minimum Gasteiger partial charge on any atom is -0.332 e. The Morgan fingerprint density at radius 3 is 2.42 bits per heavy atom. The van der Waals surface area contributed by atoms with Crippen LogP contribution in [0.15, 0.2) is 76.6 Å². The van der Waals surface area contributed by atoms with Gasteiger partial charge in [-0.1, -0.05) is 58.4 Å². The summed E-state index contributed by atoms with van der Waals surface area (Å²) < 4.78 is 0.877. The molecule has 0 aliphatic heterocycles. The maximum absolute atomic E-state index is 13.3. The molecule has 7 heteroatoms. The second-order valence-corrected chi connectivity index (χ2v) is 9.42. The van der Waals surface area contributed by atoms with Crippen molar-refractivity contribution in [3.05, 3.63) is 87.0 Å². The van der Waals surface area contributed by atoms with Crippen LogP contribution in [-0.4, -0.2) is 34.3 Å². The molecule has 5 nitrogen and oxygen atoms in total. The largest absolute Gasteiger partial charge is 0.332 e. The number of urea groups is 1. The zero-order valence-electron chi connectivity index (χ0n) is 17.6. The second kappa shape index (κ2) is 11.1. The average Bonchev–Trinajstić information content (AvgIpc) is 3.25. The molecule has 3 amide bonds. The SMILES string of the molecule is CC(C)N(CC(=O)N(Cc1ccccc1)Cc1cccs1)C(=O)Nc1cccc(Br)c1. The fourth-order valence-corrected chi connectivity index (χ4v) is 4.24. The number of thiophene rings is 1. The molecule has 0 aliphatic carbocycles. The Labute approximate surface area is 195 Å². The van der Waals surface area contributed by atoms with Gasteiger partial charge in [0, 0.05) is 27.6 Å². The molecule has 3 rings (SSSR count). The van der Waals surface area contributed by atoms with Gasteiger partial charge in [0.05, 0.1) is 6.54 Å². The van der Waals surface area contributed by atoms with Gasteiger partial charge in [-0.3, -0.25) is 4.79 Å².